The number of rotatable bonds is 20. The van der Waals surface area contributed by atoms with Crippen LogP contribution in [-0.4, -0.2) is 70.0 Å². The normalized spacial score (nSPS) is 25.2. The largest absolute Gasteiger partial charge is 0.500 e. The van der Waals surface area contributed by atoms with Crippen molar-refractivity contribution < 1.29 is 31.3 Å². The zero-order valence-corrected chi connectivity index (χ0v) is 26.2. The molecule has 4 unspecified atom stereocenters. The Bertz CT molecular complexity index is 530. The number of hydrogen-bond acceptors (Lipinski definition) is 7. The molecule has 0 spiro atoms. The Morgan fingerprint density at radius 1 is 0.583 bits per heavy atom. The molecule has 9 heteroatoms. The Balaban J connectivity index is 0.000000255. The molecular weight excluding hydrogens is 492 g/mol. The van der Waals surface area contributed by atoms with E-state index in [1.54, 1.807) is 0 Å². The molecule has 3 rings (SSSR count). The minimum atomic E-state index is -2.39. The van der Waals surface area contributed by atoms with Crippen molar-refractivity contribution in [2.45, 2.75) is 111 Å². The molecule has 0 aromatic rings. The number of unbranched alkanes of at least 4 members (excludes halogenated alkanes) is 1. The van der Waals surface area contributed by atoms with Gasteiger partial charge in [0.15, 0.2) is 0 Å². The second-order valence-electron chi connectivity index (χ2n) is 10.1. The molecular formula is C27H56O7Si2. The minimum Gasteiger partial charge on any atom is -0.374 e. The molecule has 0 amide bonds. The molecule has 0 aromatic carbocycles. The monoisotopic (exact) mass is 548 g/mol. The van der Waals surface area contributed by atoms with E-state index in [1.165, 1.54) is 38.5 Å². The van der Waals surface area contributed by atoms with Gasteiger partial charge in [-0.1, -0.05) is 12.8 Å². The van der Waals surface area contributed by atoms with Gasteiger partial charge in [0.05, 0.1) is 12.7 Å². The maximum Gasteiger partial charge on any atom is 0.500 e. The molecule has 2 saturated carbocycles. The van der Waals surface area contributed by atoms with Gasteiger partial charge in [0, 0.05) is 51.7 Å². The summed E-state index contributed by atoms with van der Waals surface area (Å²) in [6, 6.07) is 1.93. The summed E-state index contributed by atoms with van der Waals surface area (Å²) in [5, 5.41) is 0. The standard InChI is InChI=1S/C15H30O3Si.C12H26O4Si/c1-4-16-19(17-5-2,18-6-3)10-9-13-7-8-14-12-15(14)11-13;1-4-14-17(15-5-2,16-6-3)10-8-7-9-12-11-13-12/h13-15H,4-12H2,1-3H3;12H,4-11H2,1-3H3. The number of epoxide rings is 1. The summed E-state index contributed by atoms with van der Waals surface area (Å²) >= 11 is 0. The summed E-state index contributed by atoms with van der Waals surface area (Å²) in [4.78, 5) is 0. The van der Waals surface area contributed by atoms with Crippen molar-refractivity contribution in [3.05, 3.63) is 0 Å². The summed E-state index contributed by atoms with van der Waals surface area (Å²) in [6.07, 6.45) is 11.0. The lowest BCUT2D eigenvalue weighted by Crippen LogP contribution is -2.46. The Kier molecular flexibility index (Phi) is 15.9. The van der Waals surface area contributed by atoms with Gasteiger partial charge in [0.2, 0.25) is 0 Å². The molecule has 3 aliphatic rings. The van der Waals surface area contributed by atoms with Gasteiger partial charge in [0.1, 0.15) is 0 Å². The molecule has 1 saturated heterocycles. The van der Waals surface area contributed by atoms with Crippen molar-refractivity contribution >= 4 is 17.6 Å². The fourth-order valence-corrected chi connectivity index (χ4v) is 11.0. The molecule has 1 heterocycles. The molecule has 0 bridgehead atoms. The Morgan fingerprint density at radius 3 is 1.53 bits per heavy atom. The van der Waals surface area contributed by atoms with Crippen molar-refractivity contribution in [2.24, 2.45) is 17.8 Å². The molecule has 4 atom stereocenters. The first kappa shape index (κ1) is 32.4. The van der Waals surface area contributed by atoms with Crippen LogP contribution in [0.1, 0.15) is 92.9 Å². The highest BCUT2D eigenvalue weighted by atomic mass is 28.4. The van der Waals surface area contributed by atoms with Crippen molar-refractivity contribution in [3.8, 4) is 0 Å². The topological polar surface area (TPSA) is 67.9 Å². The Hall–Kier alpha value is 0.154. The second kappa shape index (κ2) is 17.7. The van der Waals surface area contributed by atoms with Gasteiger partial charge in [-0.3, -0.25) is 0 Å². The van der Waals surface area contributed by atoms with E-state index in [-0.39, 0.29) is 0 Å². The maximum absolute atomic E-state index is 5.93. The van der Waals surface area contributed by atoms with Crippen LogP contribution >= 0.6 is 0 Å². The van der Waals surface area contributed by atoms with Crippen LogP contribution in [0.25, 0.3) is 0 Å². The van der Waals surface area contributed by atoms with Crippen LogP contribution in [0, 0.1) is 17.8 Å². The van der Waals surface area contributed by atoms with E-state index in [4.69, 9.17) is 31.3 Å². The third-order valence-electron chi connectivity index (χ3n) is 7.36. The lowest BCUT2D eigenvalue weighted by molar-refractivity contribution is 0.0686. The highest BCUT2D eigenvalue weighted by molar-refractivity contribution is 6.61. The molecule has 1 aliphatic heterocycles. The highest BCUT2D eigenvalue weighted by Gasteiger charge is 2.45. The van der Waals surface area contributed by atoms with Crippen molar-refractivity contribution in [2.75, 3.05) is 46.2 Å². The minimum absolute atomic E-state index is 0.525. The van der Waals surface area contributed by atoms with Crippen LogP contribution in [0.2, 0.25) is 12.1 Å². The third kappa shape index (κ3) is 11.9. The summed E-state index contributed by atoms with van der Waals surface area (Å²) in [6.45, 7) is 17.1. The molecule has 0 N–H and O–H groups in total. The first-order chi connectivity index (χ1) is 17.5. The van der Waals surface area contributed by atoms with Gasteiger partial charge in [0.25, 0.3) is 0 Å². The zero-order valence-electron chi connectivity index (χ0n) is 24.2. The van der Waals surface area contributed by atoms with Crippen LogP contribution in [0.15, 0.2) is 0 Å². The molecule has 214 valence electrons. The van der Waals surface area contributed by atoms with Gasteiger partial charge < -0.3 is 31.3 Å². The van der Waals surface area contributed by atoms with Gasteiger partial charge in [-0.25, -0.2) is 0 Å². The van der Waals surface area contributed by atoms with E-state index in [1.807, 2.05) is 41.5 Å². The van der Waals surface area contributed by atoms with Crippen molar-refractivity contribution in [1.82, 2.24) is 0 Å². The number of ether oxygens (including phenoxy) is 1. The quantitative estimate of drug-likeness (QED) is 0.0982. The van der Waals surface area contributed by atoms with Crippen molar-refractivity contribution in [1.29, 1.82) is 0 Å². The molecule has 36 heavy (non-hydrogen) atoms. The third-order valence-corrected chi connectivity index (χ3v) is 13.6. The summed E-state index contributed by atoms with van der Waals surface area (Å²) in [5.41, 5.74) is 0. The van der Waals surface area contributed by atoms with Gasteiger partial charge >= 0.3 is 17.6 Å². The average Bonchev–Trinajstić information content (AvgIpc) is 3.78. The summed E-state index contributed by atoms with van der Waals surface area (Å²) in [7, 11) is -4.78. The SMILES string of the molecule is CCO[Si](CCC1CCC2CC2C1)(OCC)OCC.CCO[Si](CCCCC1CO1)(OCC)OCC. The Morgan fingerprint density at radius 2 is 1.08 bits per heavy atom. The molecule has 2 aliphatic carbocycles. The highest BCUT2D eigenvalue weighted by Crippen LogP contribution is 2.52. The lowest BCUT2D eigenvalue weighted by atomic mass is 9.87. The molecule has 3 fully saturated rings. The van der Waals surface area contributed by atoms with Gasteiger partial charge in [-0.05, 0) is 97.8 Å². The van der Waals surface area contributed by atoms with E-state index in [0.717, 1.165) is 49.3 Å². The first-order valence-electron chi connectivity index (χ1n) is 14.9. The first-order valence-corrected chi connectivity index (χ1v) is 18.8. The molecule has 0 radical (unpaired) electrons. The summed E-state index contributed by atoms with van der Waals surface area (Å²) in [5.74, 6) is 3.03. The zero-order chi connectivity index (χ0) is 26.3. The molecule has 0 aromatic heterocycles. The molecule has 7 nitrogen and oxygen atoms in total. The maximum atomic E-state index is 5.93. The summed E-state index contributed by atoms with van der Waals surface area (Å²) < 4.78 is 40.4. The van der Waals surface area contributed by atoms with Crippen LogP contribution in [-0.2, 0) is 31.3 Å². The van der Waals surface area contributed by atoms with E-state index in [0.29, 0.717) is 45.7 Å². The van der Waals surface area contributed by atoms with Crippen LogP contribution in [0.4, 0.5) is 0 Å². The van der Waals surface area contributed by atoms with E-state index in [9.17, 15) is 0 Å². The lowest BCUT2D eigenvalue weighted by Gasteiger charge is -2.30. The smallest absolute Gasteiger partial charge is 0.374 e. The van der Waals surface area contributed by atoms with Crippen LogP contribution in [0.5, 0.6) is 0 Å². The average molecular weight is 549 g/mol. The predicted octanol–water partition coefficient (Wildman–Crippen LogP) is 6.47. The fraction of sp³-hybridized carbons (Fsp3) is 1.00. The van der Waals surface area contributed by atoms with Crippen LogP contribution in [0.3, 0.4) is 0 Å². The van der Waals surface area contributed by atoms with Crippen molar-refractivity contribution in [3.63, 3.8) is 0 Å². The Labute approximate surface area is 224 Å². The van der Waals surface area contributed by atoms with E-state index >= 15 is 0 Å². The predicted molar refractivity (Wildman–Crippen MR) is 148 cm³/mol. The van der Waals surface area contributed by atoms with Crippen LogP contribution < -0.4 is 0 Å². The van der Waals surface area contributed by atoms with E-state index < -0.39 is 17.6 Å². The fourth-order valence-electron chi connectivity index (χ4n) is 5.54. The number of fused-ring (bicyclic) bond motifs is 1. The van der Waals surface area contributed by atoms with Gasteiger partial charge in [-0.15, -0.1) is 0 Å². The van der Waals surface area contributed by atoms with E-state index in [2.05, 4.69) is 0 Å². The van der Waals surface area contributed by atoms with Gasteiger partial charge in [-0.2, -0.15) is 0 Å². The number of hydrogen-bond donors (Lipinski definition) is 0. The second-order valence-corrected chi connectivity index (χ2v) is 15.6.